The minimum atomic E-state index is -0.0945. The van der Waals surface area contributed by atoms with Crippen molar-refractivity contribution in [2.24, 2.45) is 17.6 Å². The van der Waals surface area contributed by atoms with Gasteiger partial charge in [-0.15, -0.1) is 0 Å². The van der Waals surface area contributed by atoms with Crippen LogP contribution in [0.15, 0.2) is 24.3 Å². The molecule has 1 atom stereocenters. The van der Waals surface area contributed by atoms with Crippen LogP contribution in [0.2, 0.25) is 0 Å². The predicted molar refractivity (Wildman–Crippen MR) is 83.7 cm³/mol. The summed E-state index contributed by atoms with van der Waals surface area (Å²) < 4.78 is 0. The molecule has 1 fully saturated rings. The number of hydrogen-bond acceptors (Lipinski definition) is 3. The van der Waals surface area contributed by atoms with Gasteiger partial charge in [0.1, 0.15) is 5.75 Å². The van der Waals surface area contributed by atoms with Gasteiger partial charge in [-0.3, -0.25) is 4.79 Å². The van der Waals surface area contributed by atoms with Gasteiger partial charge in [0, 0.05) is 19.1 Å². The van der Waals surface area contributed by atoms with E-state index in [1.807, 2.05) is 17.0 Å². The molecule has 0 bridgehead atoms. The minimum Gasteiger partial charge on any atom is -0.508 e. The highest BCUT2D eigenvalue weighted by molar-refractivity contribution is 5.79. The van der Waals surface area contributed by atoms with Crippen molar-refractivity contribution in [2.45, 2.75) is 45.7 Å². The monoisotopic (exact) mass is 290 g/mol. The van der Waals surface area contributed by atoms with Crippen LogP contribution in [0.5, 0.6) is 5.75 Å². The molecule has 0 radical (unpaired) electrons. The van der Waals surface area contributed by atoms with E-state index < -0.39 is 0 Å². The fraction of sp³-hybridized carbons (Fsp3) is 0.588. The molecule has 4 nitrogen and oxygen atoms in total. The van der Waals surface area contributed by atoms with Crippen molar-refractivity contribution in [3.8, 4) is 5.75 Å². The molecule has 0 aromatic heterocycles. The van der Waals surface area contributed by atoms with E-state index in [0.717, 1.165) is 24.8 Å². The quantitative estimate of drug-likeness (QED) is 0.811. The Bertz CT molecular complexity index is 483. The van der Waals surface area contributed by atoms with Crippen molar-refractivity contribution >= 4 is 5.91 Å². The van der Waals surface area contributed by atoms with Crippen LogP contribution in [0.25, 0.3) is 0 Å². The summed E-state index contributed by atoms with van der Waals surface area (Å²) in [5.74, 6) is 0.775. The van der Waals surface area contributed by atoms with E-state index in [1.54, 1.807) is 12.1 Å². The number of nitrogens with zero attached hydrogens (tertiary/aromatic N) is 1. The molecule has 21 heavy (non-hydrogen) atoms. The Kier molecular flexibility index (Phi) is 5.23. The standard InChI is InChI=1S/C17H26N2O2/c1-12(2)8-14(10-18)17(21)19(15-6-7-15)11-13-4-3-5-16(20)9-13/h3-5,9,12,14-15,20H,6-8,10-11,18H2,1-2H3. The number of rotatable bonds is 7. The molecule has 3 N–H and O–H groups in total. The van der Waals surface area contributed by atoms with Gasteiger partial charge in [-0.25, -0.2) is 0 Å². The molecule has 1 aromatic carbocycles. The zero-order valence-electron chi connectivity index (χ0n) is 13.0. The lowest BCUT2D eigenvalue weighted by molar-refractivity contribution is -0.137. The molecule has 4 heteroatoms. The second kappa shape index (κ2) is 6.94. The van der Waals surface area contributed by atoms with Gasteiger partial charge >= 0.3 is 0 Å². The Morgan fingerprint density at radius 3 is 2.67 bits per heavy atom. The molecule has 116 valence electrons. The molecular formula is C17H26N2O2. The lowest BCUT2D eigenvalue weighted by Gasteiger charge is -2.28. The Morgan fingerprint density at radius 2 is 2.14 bits per heavy atom. The van der Waals surface area contributed by atoms with E-state index in [9.17, 15) is 9.90 Å². The van der Waals surface area contributed by atoms with Crippen LogP contribution in [0.3, 0.4) is 0 Å². The van der Waals surface area contributed by atoms with Crippen molar-refractivity contribution in [1.29, 1.82) is 0 Å². The maximum absolute atomic E-state index is 12.8. The molecule has 1 amide bonds. The predicted octanol–water partition coefficient (Wildman–Crippen LogP) is 2.50. The van der Waals surface area contributed by atoms with E-state index in [0.29, 0.717) is 25.0 Å². The van der Waals surface area contributed by atoms with Gasteiger partial charge < -0.3 is 15.7 Å². The van der Waals surface area contributed by atoms with Crippen molar-refractivity contribution in [3.05, 3.63) is 29.8 Å². The van der Waals surface area contributed by atoms with Crippen LogP contribution in [-0.4, -0.2) is 28.5 Å². The maximum atomic E-state index is 12.8. The average Bonchev–Trinajstić information content (AvgIpc) is 3.26. The number of carbonyl (C=O) groups excluding carboxylic acids is 1. The first-order chi connectivity index (χ1) is 10.0. The molecule has 0 saturated heterocycles. The molecule has 1 aromatic rings. The maximum Gasteiger partial charge on any atom is 0.227 e. The van der Waals surface area contributed by atoms with Crippen molar-refractivity contribution in [1.82, 2.24) is 4.90 Å². The van der Waals surface area contributed by atoms with E-state index in [-0.39, 0.29) is 17.6 Å². The minimum absolute atomic E-state index is 0.0945. The summed E-state index contributed by atoms with van der Waals surface area (Å²) in [4.78, 5) is 14.7. The van der Waals surface area contributed by atoms with Crippen LogP contribution in [0.4, 0.5) is 0 Å². The van der Waals surface area contributed by atoms with Gasteiger partial charge in [0.15, 0.2) is 0 Å². The van der Waals surface area contributed by atoms with E-state index in [2.05, 4.69) is 13.8 Å². The SMILES string of the molecule is CC(C)CC(CN)C(=O)N(Cc1cccc(O)c1)C1CC1. The summed E-state index contributed by atoms with van der Waals surface area (Å²) in [6.45, 7) is 5.20. The number of phenolic OH excluding ortho intramolecular Hbond substituents is 1. The molecule has 0 spiro atoms. The molecular weight excluding hydrogens is 264 g/mol. The summed E-state index contributed by atoms with van der Waals surface area (Å²) in [5.41, 5.74) is 6.78. The largest absolute Gasteiger partial charge is 0.508 e. The summed E-state index contributed by atoms with van der Waals surface area (Å²) in [6.07, 6.45) is 2.98. The summed E-state index contributed by atoms with van der Waals surface area (Å²) >= 11 is 0. The molecule has 0 aliphatic heterocycles. The molecule has 1 aliphatic carbocycles. The number of carbonyl (C=O) groups is 1. The molecule has 0 heterocycles. The Labute approximate surface area is 126 Å². The highest BCUT2D eigenvalue weighted by atomic mass is 16.3. The Hall–Kier alpha value is -1.55. The number of phenols is 1. The van der Waals surface area contributed by atoms with E-state index in [1.165, 1.54) is 0 Å². The Morgan fingerprint density at radius 1 is 1.43 bits per heavy atom. The third-order valence-corrected chi connectivity index (χ3v) is 3.92. The highest BCUT2D eigenvalue weighted by Crippen LogP contribution is 2.31. The summed E-state index contributed by atoms with van der Waals surface area (Å²) in [7, 11) is 0. The van der Waals surface area contributed by atoms with Crippen LogP contribution in [-0.2, 0) is 11.3 Å². The zero-order valence-corrected chi connectivity index (χ0v) is 13.0. The van der Waals surface area contributed by atoms with Gasteiger partial charge in [0.2, 0.25) is 5.91 Å². The average molecular weight is 290 g/mol. The van der Waals surface area contributed by atoms with Crippen molar-refractivity contribution in [3.63, 3.8) is 0 Å². The number of aromatic hydroxyl groups is 1. The van der Waals surface area contributed by atoms with Gasteiger partial charge in [-0.1, -0.05) is 26.0 Å². The number of nitrogens with two attached hydrogens (primary N) is 1. The fourth-order valence-corrected chi connectivity index (χ4v) is 2.73. The van der Waals surface area contributed by atoms with Crippen LogP contribution in [0, 0.1) is 11.8 Å². The smallest absolute Gasteiger partial charge is 0.227 e. The molecule has 1 unspecified atom stereocenters. The molecule has 1 aliphatic rings. The van der Waals surface area contributed by atoms with Gasteiger partial charge in [-0.2, -0.15) is 0 Å². The molecule has 2 rings (SSSR count). The normalized spacial score (nSPS) is 16.0. The third kappa shape index (κ3) is 4.46. The summed E-state index contributed by atoms with van der Waals surface area (Å²) in [6, 6.07) is 7.48. The van der Waals surface area contributed by atoms with E-state index in [4.69, 9.17) is 5.73 Å². The first kappa shape index (κ1) is 15.8. The fourth-order valence-electron chi connectivity index (χ4n) is 2.73. The van der Waals surface area contributed by atoms with Gasteiger partial charge in [0.25, 0.3) is 0 Å². The number of hydrogen-bond donors (Lipinski definition) is 2. The molecule has 1 saturated carbocycles. The highest BCUT2D eigenvalue weighted by Gasteiger charge is 2.35. The first-order valence-electron chi connectivity index (χ1n) is 7.79. The third-order valence-electron chi connectivity index (χ3n) is 3.92. The van der Waals surface area contributed by atoms with Crippen LogP contribution >= 0.6 is 0 Å². The second-order valence-corrected chi connectivity index (χ2v) is 6.43. The second-order valence-electron chi connectivity index (χ2n) is 6.43. The van der Waals surface area contributed by atoms with Crippen LogP contribution in [0.1, 0.15) is 38.7 Å². The van der Waals surface area contributed by atoms with Gasteiger partial charge in [-0.05, 0) is 42.9 Å². The van der Waals surface area contributed by atoms with Crippen molar-refractivity contribution < 1.29 is 9.90 Å². The summed E-state index contributed by atoms with van der Waals surface area (Å²) in [5, 5.41) is 9.57. The van der Waals surface area contributed by atoms with E-state index >= 15 is 0 Å². The van der Waals surface area contributed by atoms with Gasteiger partial charge in [0.05, 0.1) is 5.92 Å². The number of amides is 1. The van der Waals surface area contributed by atoms with Crippen LogP contribution < -0.4 is 5.73 Å². The first-order valence-corrected chi connectivity index (χ1v) is 7.79. The topological polar surface area (TPSA) is 66.6 Å². The van der Waals surface area contributed by atoms with Crippen molar-refractivity contribution in [2.75, 3.05) is 6.54 Å². The number of benzene rings is 1. The zero-order chi connectivity index (χ0) is 15.4. The lowest BCUT2D eigenvalue weighted by atomic mass is 9.95. The lowest BCUT2D eigenvalue weighted by Crippen LogP contribution is -2.40. The Balaban J connectivity index is 2.09.